The molecule has 0 spiro atoms. The smallest absolute Gasteiger partial charge is 0.203 e. The zero-order valence-corrected chi connectivity index (χ0v) is 10.3. The van der Waals surface area contributed by atoms with Crippen LogP contribution in [0.1, 0.15) is 12.8 Å². The van der Waals surface area contributed by atoms with Gasteiger partial charge in [-0.15, -0.1) is 0 Å². The molecule has 0 radical (unpaired) electrons. The predicted octanol–water partition coefficient (Wildman–Crippen LogP) is 1.87. The maximum Gasteiger partial charge on any atom is 0.203 e. The molecule has 0 amide bonds. The number of phenolic OH excluding ortho intramolecular Hbond substituents is 1. The van der Waals surface area contributed by atoms with E-state index in [0.717, 1.165) is 25.9 Å². The van der Waals surface area contributed by atoms with Crippen molar-refractivity contribution in [3.8, 4) is 17.2 Å². The van der Waals surface area contributed by atoms with Gasteiger partial charge < -0.3 is 19.5 Å². The number of nitrogens with zero attached hydrogens (tertiary/aromatic N) is 1. The van der Waals surface area contributed by atoms with Crippen molar-refractivity contribution in [2.45, 2.75) is 18.9 Å². The van der Waals surface area contributed by atoms with Gasteiger partial charge in [0.25, 0.3) is 0 Å². The molecule has 17 heavy (non-hydrogen) atoms. The lowest BCUT2D eigenvalue weighted by molar-refractivity contribution is 0.101. The molecule has 1 saturated heterocycles. The summed E-state index contributed by atoms with van der Waals surface area (Å²) in [6.07, 6.45) is 2.36. The van der Waals surface area contributed by atoms with Crippen LogP contribution in [0.4, 0.5) is 0 Å². The molecule has 0 aromatic heterocycles. The standard InChI is InChI=1S/C13H19NO3/c1-14-8-4-5-10(9-14)17-12-7-3-6-11(15)13(12)16-2/h3,6-7,10,15H,4-5,8-9H2,1-2H3. The quantitative estimate of drug-likeness (QED) is 0.871. The maximum atomic E-state index is 9.66. The minimum absolute atomic E-state index is 0.120. The molecule has 1 atom stereocenters. The maximum absolute atomic E-state index is 9.66. The Kier molecular flexibility index (Phi) is 3.74. The van der Waals surface area contributed by atoms with Crippen molar-refractivity contribution in [3.63, 3.8) is 0 Å². The topological polar surface area (TPSA) is 41.9 Å². The lowest BCUT2D eigenvalue weighted by Crippen LogP contribution is -2.38. The van der Waals surface area contributed by atoms with E-state index in [1.165, 1.54) is 7.11 Å². The number of likely N-dealkylation sites (tertiary alicyclic amines) is 1. The van der Waals surface area contributed by atoms with Crippen LogP contribution in [0.25, 0.3) is 0 Å². The number of phenols is 1. The van der Waals surface area contributed by atoms with E-state index >= 15 is 0 Å². The number of hydrogen-bond acceptors (Lipinski definition) is 4. The molecule has 1 aromatic carbocycles. The van der Waals surface area contributed by atoms with Gasteiger partial charge >= 0.3 is 0 Å². The van der Waals surface area contributed by atoms with Gasteiger partial charge in [-0.2, -0.15) is 0 Å². The molecule has 0 saturated carbocycles. The van der Waals surface area contributed by atoms with E-state index < -0.39 is 0 Å². The summed E-state index contributed by atoms with van der Waals surface area (Å²) in [6, 6.07) is 5.19. The Labute approximate surface area is 102 Å². The third-order valence-corrected chi connectivity index (χ3v) is 3.04. The number of hydrogen-bond donors (Lipinski definition) is 1. The third kappa shape index (κ3) is 2.82. The second kappa shape index (κ2) is 5.27. The molecule has 1 unspecified atom stereocenters. The van der Waals surface area contributed by atoms with Crippen LogP contribution in [0.2, 0.25) is 0 Å². The van der Waals surface area contributed by atoms with Gasteiger partial charge in [-0.05, 0) is 38.6 Å². The van der Waals surface area contributed by atoms with E-state index in [1.54, 1.807) is 12.1 Å². The molecule has 1 aliphatic rings. The average molecular weight is 237 g/mol. The Morgan fingerprint density at radius 3 is 2.94 bits per heavy atom. The van der Waals surface area contributed by atoms with Gasteiger partial charge in [0, 0.05) is 6.54 Å². The van der Waals surface area contributed by atoms with Gasteiger partial charge in [0.05, 0.1) is 7.11 Å². The van der Waals surface area contributed by atoms with E-state index in [1.807, 2.05) is 6.07 Å². The Balaban J connectivity index is 2.10. The largest absolute Gasteiger partial charge is 0.504 e. The van der Waals surface area contributed by atoms with Crippen LogP contribution in [0.5, 0.6) is 17.2 Å². The molecule has 1 aromatic rings. The summed E-state index contributed by atoms with van der Waals surface area (Å²) in [6.45, 7) is 2.04. The average Bonchev–Trinajstić information content (AvgIpc) is 2.29. The fraction of sp³-hybridized carbons (Fsp3) is 0.538. The summed E-state index contributed by atoms with van der Waals surface area (Å²) in [5, 5.41) is 9.66. The second-order valence-electron chi connectivity index (χ2n) is 4.45. The third-order valence-electron chi connectivity index (χ3n) is 3.04. The summed E-state index contributed by atoms with van der Waals surface area (Å²) in [7, 11) is 3.63. The zero-order chi connectivity index (χ0) is 12.3. The lowest BCUT2D eigenvalue weighted by Gasteiger charge is -2.30. The number of benzene rings is 1. The zero-order valence-electron chi connectivity index (χ0n) is 10.3. The number of para-hydroxylation sites is 1. The molecular formula is C13H19NO3. The lowest BCUT2D eigenvalue weighted by atomic mass is 10.1. The van der Waals surface area contributed by atoms with Crippen LogP contribution < -0.4 is 9.47 Å². The first-order valence-electron chi connectivity index (χ1n) is 5.92. The Morgan fingerprint density at radius 1 is 1.41 bits per heavy atom. The first kappa shape index (κ1) is 12.0. The number of piperidine rings is 1. The minimum atomic E-state index is 0.120. The molecule has 4 nitrogen and oxygen atoms in total. The minimum Gasteiger partial charge on any atom is -0.504 e. The first-order chi connectivity index (χ1) is 8.20. The normalized spacial score (nSPS) is 21.2. The molecular weight excluding hydrogens is 218 g/mol. The van der Waals surface area contributed by atoms with Crippen molar-refractivity contribution in [3.05, 3.63) is 18.2 Å². The van der Waals surface area contributed by atoms with Crippen LogP contribution in [0.3, 0.4) is 0 Å². The highest BCUT2D eigenvalue weighted by atomic mass is 16.5. The summed E-state index contributed by atoms with van der Waals surface area (Å²) in [4.78, 5) is 2.25. The van der Waals surface area contributed by atoms with Crippen LogP contribution >= 0.6 is 0 Å². The molecule has 0 aliphatic carbocycles. The summed E-state index contributed by atoms with van der Waals surface area (Å²) < 4.78 is 11.1. The molecule has 2 rings (SSSR count). The van der Waals surface area contributed by atoms with E-state index in [0.29, 0.717) is 11.5 Å². The fourth-order valence-electron chi connectivity index (χ4n) is 2.20. The number of likely N-dealkylation sites (N-methyl/N-ethyl adjacent to an activating group) is 1. The highest BCUT2D eigenvalue weighted by molar-refractivity contribution is 5.50. The highest BCUT2D eigenvalue weighted by Crippen LogP contribution is 2.36. The summed E-state index contributed by atoms with van der Waals surface area (Å²) >= 11 is 0. The Hall–Kier alpha value is -1.42. The molecule has 94 valence electrons. The van der Waals surface area contributed by atoms with Gasteiger partial charge in [-0.1, -0.05) is 6.07 Å². The van der Waals surface area contributed by atoms with Gasteiger partial charge in [-0.25, -0.2) is 0 Å². The molecule has 1 N–H and O–H groups in total. The highest BCUT2D eigenvalue weighted by Gasteiger charge is 2.20. The SMILES string of the molecule is COc1c(O)cccc1OC1CCCN(C)C1. The summed E-state index contributed by atoms with van der Waals surface area (Å²) in [5.41, 5.74) is 0. The number of ether oxygens (including phenoxy) is 2. The summed E-state index contributed by atoms with van der Waals surface area (Å²) in [5.74, 6) is 1.16. The van der Waals surface area contributed by atoms with Crippen LogP contribution in [-0.2, 0) is 0 Å². The number of aromatic hydroxyl groups is 1. The van der Waals surface area contributed by atoms with E-state index in [2.05, 4.69) is 11.9 Å². The number of methoxy groups -OCH3 is 1. The predicted molar refractivity (Wildman–Crippen MR) is 65.8 cm³/mol. The van der Waals surface area contributed by atoms with Crippen molar-refractivity contribution >= 4 is 0 Å². The fourth-order valence-corrected chi connectivity index (χ4v) is 2.20. The molecule has 4 heteroatoms. The van der Waals surface area contributed by atoms with Crippen molar-refractivity contribution in [1.29, 1.82) is 0 Å². The van der Waals surface area contributed by atoms with Crippen LogP contribution in [-0.4, -0.2) is 43.4 Å². The van der Waals surface area contributed by atoms with E-state index in [9.17, 15) is 5.11 Å². The second-order valence-corrected chi connectivity index (χ2v) is 4.45. The number of rotatable bonds is 3. The van der Waals surface area contributed by atoms with Gasteiger partial charge in [0.15, 0.2) is 11.5 Å². The van der Waals surface area contributed by atoms with Crippen LogP contribution in [0, 0.1) is 0 Å². The van der Waals surface area contributed by atoms with E-state index in [-0.39, 0.29) is 11.9 Å². The van der Waals surface area contributed by atoms with Gasteiger partial charge in [-0.3, -0.25) is 0 Å². The Morgan fingerprint density at radius 2 is 2.24 bits per heavy atom. The monoisotopic (exact) mass is 237 g/mol. The van der Waals surface area contributed by atoms with Crippen molar-refractivity contribution in [1.82, 2.24) is 4.90 Å². The van der Waals surface area contributed by atoms with Crippen molar-refractivity contribution < 1.29 is 14.6 Å². The molecule has 0 bridgehead atoms. The van der Waals surface area contributed by atoms with Crippen molar-refractivity contribution in [2.24, 2.45) is 0 Å². The van der Waals surface area contributed by atoms with Gasteiger partial charge in [0.2, 0.25) is 5.75 Å². The molecule has 1 heterocycles. The molecule has 1 fully saturated rings. The van der Waals surface area contributed by atoms with Gasteiger partial charge in [0.1, 0.15) is 6.10 Å². The van der Waals surface area contributed by atoms with E-state index in [4.69, 9.17) is 9.47 Å². The Bertz CT molecular complexity index is 381. The van der Waals surface area contributed by atoms with Crippen LogP contribution in [0.15, 0.2) is 18.2 Å². The molecule has 1 aliphatic heterocycles. The van der Waals surface area contributed by atoms with Crippen molar-refractivity contribution in [2.75, 3.05) is 27.2 Å². The first-order valence-corrected chi connectivity index (χ1v) is 5.92.